The van der Waals surface area contributed by atoms with Gasteiger partial charge in [-0.25, -0.2) is 8.78 Å². The van der Waals surface area contributed by atoms with Crippen LogP contribution in [0, 0.1) is 17.8 Å². The zero-order valence-corrected chi connectivity index (χ0v) is 24.7. The van der Waals surface area contributed by atoms with Crippen molar-refractivity contribution in [2.45, 2.75) is 117 Å². The number of aliphatic hydroxyl groups is 1. The maximum atomic E-state index is 12.6. The fourth-order valence-corrected chi connectivity index (χ4v) is 4.39. The normalized spacial score (nSPS) is 28.6. The van der Waals surface area contributed by atoms with E-state index < -0.39 is 24.2 Å². The van der Waals surface area contributed by atoms with Crippen LogP contribution in [-0.2, 0) is 14.4 Å². The number of hydrogen-bond donors (Lipinski definition) is 2. The summed E-state index contributed by atoms with van der Waals surface area (Å²) in [6.07, 6.45) is 6.77. The molecule has 3 fully saturated rings. The molecule has 0 bridgehead atoms. The molecule has 3 saturated carbocycles. The number of carboxylic acids is 1. The van der Waals surface area contributed by atoms with E-state index in [0.717, 1.165) is 38.5 Å². The predicted octanol–water partition coefficient (Wildman–Crippen LogP) is 3.71. The summed E-state index contributed by atoms with van der Waals surface area (Å²) in [5.74, 6) is -0.722. The number of aliphatic carboxylic acids is 1. The SMILES string of the molecule is C.CC(=O)C1CCCC(F)C1.CC(=O)C1CCCC(O)C1.ClCCl.O=C(O)C1CCCC(F)C1.[Na+].[OH-]. The quantitative estimate of drug-likeness (QED) is 0.392. The van der Waals surface area contributed by atoms with Gasteiger partial charge in [0.25, 0.3) is 0 Å². The van der Waals surface area contributed by atoms with Crippen molar-refractivity contribution in [1.82, 2.24) is 0 Å². The summed E-state index contributed by atoms with van der Waals surface area (Å²) in [5, 5.41) is 17.9. The van der Waals surface area contributed by atoms with Crippen molar-refractivity contribution in [2.24, 2.45) is 17.8 Å². The van der Waals surface area contributed by atoms with Gasteiger partial charge in [0.05, 0.1) is 17.4 Å². The average Bonchev–Trinajstić information content (AvgIpc) is 2.75. The van der Waals surface area contributed by atoms with Gasteiger partial charge in [-0.05, 0) is 84.5 Å². The number of ketones is 2. The second-order valence-corrected chi connectivity index (χ2v) is 9.91. The number of carbonyl (C=O) groups is 3. The molecule has 0 heterocycles. The van der Waals surface area contributed by atoms with Crippen LogP contribution in [0.15, 0.2) is 0 Å². The van der Waals surface area contributed by atoms with E-state index in [-0.39, 0.29) is 83.7 Å². The van der Waals surface area contributed by atoms with Gasteiger partial charge in [0.1, 0.15) is 23.9 Å². The molecule has 0 spiro atoms. The van der Waals surface area contributed by atoms with Crippen LogP contribution in [0.5, 0.6) is 0 Å². The fourth-order valence-electron chi connectivity index (χ4n) is 4.39. The van der Waals surface area contributed by atoms with Gasteiger partial charge in [-0.15, -0.1) is 23.2 Å². The zero-order chi connectivity index (χ0) is 25.4. The second-order valence-electron chi connectivity index (χ2n) is 9.10. The summed E-state index contributed by atoms with van der Waals surface area (Å²) in [4.78, 5) is 31.9. The maximum absolute atomic E-state index is 12.6. The molecule has 3 N–H and O–H groups in total. The van der Waals surface area contributed by atoms with E-state index in [2.05, 4.69) is 0 Å². The molecule has 3 aliphatic carbocycles. The Morgan fingerprint density at radius 1 is 0.750 bits per heavy atom. The Morgan fingerprint density at radius 2 is 1.08 bits per heavy atom. The molecule has 0 amide bonds. The van der Waals surface area contributed by atoms with Crippen molar-refractivity contribution in [1.29, 1.82) is 0 Å². The molecule has 3 rings (SSSR count). The number of rotatable bonds is 3. The summed E-state index contributed by atoms with van der Waals surface area (Å²) in [5.41, 5.74) is 0. The van der Waals surface area contributed by atoms with Crippen LogP contribution in [-0.4, -0.2) is 57.0 Å². The Balaban J connectivity index is -0.000000194. The van der Waals surface area contributed by atoms with E-state index in [1.807, 2.05) is 0 Å². The molecule has 3 aliphatic rings. The Labute approximate surface area is 247 Å². The summed E-state index contributed by atoms with van der Waals surface area (Å²) in [6.45, 7) is 3.17. The minimum absolute atomic E-state index is 0. The third-order valence-electron chi connectivity index (χ3n) is 6.37. The van der Waals surface area contributed by atoms with Gasteiger partial charge in [0, 0.05) is 11.8 Å². The van der Waals surface area contributed by atoms with E-state index in [9.17, 15) is 28.3 Å². The number of aliphatic hydroxyl groups excluding tert-OH is 1. The van der Waals surface area contributed by atoms with E-state index in [4.69, 9.17) is 28.3 Å². The molecule has 0 aromatic heterocycles. The Kier molecular flexibility index (Phi) is 30.6. The number of carboxylic acid groups (broad SMARTS) is 1. The number of hydrogen-bond acceptors (Lipinski definition) is 5. The molecule has 0 aromatic rings. The van der Waals surface area contributed by atoms with E-state index >= 15 is 0 Å². The minimum Gasteiger partial charge on any atom is -0.870 e. The molecule has 210 valence electrons. The first-order chi connectivity index (χ1) is 15.5. The Hall–Kier alpha value is 0.170. The number of halogens is 4. The van der Waals surface area contributed by atoms with Crippen LogP contribution in [0.4, 0.5) is 8.78 Å². The number of Topliss-reactive ketones (excluding diaryl/α,β-unsaturated/α-hetero) is 2. The summed E-state index contributed by atoms with van der Waals surface area (Å²) >= 11 is 9.53. The Bertz CT molecular complexity index is 513. The number of alkyl halides is 4. The van der Waals surface area contributed by atoms with Crippen molar-refractivity contribution in [3.63, 3.8) is 0 Å². The molecule has 0 aliphatic heterocycles. The molecule has 0 radical (unpaired) electrons. The van der Waals surface area contributed by atoms with Crippen LogP contribution in [0.3, 0.4) is 0 Å². The van der Waals surface area contributed by atoms with Crippen LogP contribution < -0.4 is 29.6 Å². The van der Waals surface area contributed by atoms with Crippen molar-refractivity contribution in [3.8, 4) is 0 Å². The summed E-state index contributed by atoms with van der Waals surface area (Å²) in [6, 6.07) is 0. The van der Waals surface area contributed by atoms with Crippen LogP contribution >= 0.6 is 23.2 Å². The smallest absolute Gasteiger partial charge is 0.870 e. The molecule has 11 heteroatoms. The largest absolute Gasteiger partial charge is 1.00 e. The van der Waals surface area contributed by atoms with Gasteiger partial charge in [0.15, 0.2) is 0 Å². The van der Waals surface area contributed by atoms with E-state index in [1.165, 1.54) is 0 Å². The fraction of sp³-hybridized carbons (Fsp3) is 0.880. The van der Waals surface area contributed by atoms with Gasteiger partial charge in [-0.2, -0.15) is 0 Å². The van der Waals surface area contributed by atoms with Crippen LogP contribution in [0.2, 0.25) is 0 Å². The molecular weight excluding hydrogens is 528 g/mol. The first-order valence-corrected chi connectivity index (χ1v) is 12.9. The van der Waals surface area contributed by atoms with Crippen LogP contribution in [0.1, 0.15) is 98.3 Å². The molecule has 0 aromatic carbocycles. The molecule has 6 nitrogen and oxygen atoms in total. The first-order valence-electron chi connectivity index (χ1n) is 11.8. The Morgan fingerprint density at radius 3 is 1.33 bits per heavy atom. The third kappa shape index (κ3) is 21.1. The van der Waals surface area contributed by atoms with Gasteiger partial charge < -0.3 is 15.7 Å². The van der Waals surface area contributed by atoms with Gasteiger partial charge >= 0.3 is 35.5 Å². The molecule has 6 atom stereocenters. The van der Waals surface area contributed by atoms with Crippen molar-refractivity contribution < 1.29 is 68.4 Å². The van der Waals surface area contributed by atoms with Gasteiger partial charge in [-0.1, -0.05) is 13.8 Å². The monoisotopic (exact) mass is 572 g/mol. The van der Waals surface area contributed by atoms with Gasteiger partial charge in [-0.3, -0.25) is 14.4 Å². The summed E-state index contributed by atoms with van der Waals surface area (Å²) < 4.78 is 25.2. The van der Waals surface area contributed by atoms with Crippen LogP contribution in [0.25, 0.3) is 0 Å². The maximum Gasteiger partial charge on any atom is 1.00 e. The number of carbonyl (C=O) groups excluding carboxylic acids is 2. The third-order valence-corrected chi connectivity index (χ3v) is 6.37. The van der Waals surface area contributed by atoms with E-state index in [1.54, 1.807) is 13.8 Å². The van der Waals surface area contributed by atoms with E-state index in [0.29, 0.717) is 32.1 Å². The van der Waals surface area contributed by atoms with Crippen molar-refractivity contribution in [2.75, 3.05) is 5.34 Å². The first kappa shape index (κ1) is 43.2. The minimum atomic E-state index is -0.880. The predicted molar refractivity (Wildman–Crippen MR) is 136 cm³/mol. The molecular formula is C25H45Cl2F2NaO6. The van der Waals surface area contributed by atoms with Gasteiger partial charge in [0.2, 0.25) is 0 Å². The standard InChI is InChI=1S/C8H13FO.C8H14O2.C7H11FO2.CH2Cl2.CH4.Na.H2O/c1-6(10)7-3-2-4-8(9)5-7;1-6(9)7-3-2-4-8(10)5-7;8-6-3-1-2-5(4-6)7(9)10;2-1-3;;;/h7-8H,2-5H2,1H3;7-8,10H,2-5H2,1H3;5-6H,1-4H2,(H,9,10);1H2;1H4;;1H2/q;;;;;+1;/p-1. The summed E-state index contributed by atoms with van der Waals surface area (Å²) in [7, 11) is 0. The zero-order valence-electron chi connectivity index (χ0n) is 21.2. The van der Waals surface area contributed by atoms with Crippen molar-refractivity contribution in [3.05, 3.63) is 0 Å². The molecule has 36 heavy (non-hydrogen) atoms. The molecule has 0 saturated heterocycles. The second kappa shape index (κ2) is 25.4. The average molecular weight is 574 g/mol. The molecule has 6 unspecified atom stereocenters. The topological polar surface area (TPSA) is 122 Å². The van der Waals surface area contributed by atoms with Crippen molar-refractivity contribution >= 4 is 40.7 Å².